The number of hydrogen-bond acceptors (Lipinski definition) is 0. The molecule has 0 spiro atoms. The van der Waals surface area contributed by atoms with E-state index < -0.39 is 8.83 Å². The molecule has 2 heteroatoms. The summed E-state index contributed by atoms with van der Waals surface area (Å²) in [6.07, 6.45) is 1.32. The highest BCUT2D eigenvalue weighted by Crippen LogP contribution is 2.68. The first-order chi connectivity index (χ1) is 5.69. The van der Waals surface area contributed by atoms with Crippen LogP contribution >= 0.6 is 11.1 Å². The van der Waals surface area contributed by atoms with Crippen molar-refractivity contribution in [2.45, 2.75) is 53.0 Å². The molecule has 1 aliphatic rings. The first-order valence-corrected chi connectivity index (χ1v) is 8.09. The molecule has 0 heterocycles. The summed E-state index contributed by atoms with van der Waals surface area (Å²) in [5, 5.41) is 0.442. The van der Waals surface area contributed by atoms with Crippen LogP contribution in [0.25, 0.3) is 0 Å². The molecule has 1 saturated carbocycles. The molecule has 13 heavy (non-hydrogen) atoms. The second kappa shape index (κ2) is 3.00. The van der Waals surface area contributed by atoms with E-state index in [2.05, 4.69) is 41.5 Å². The highest BCUT2D eigenvalue weighted by atomic mass is 35.6. The molecule has 0 saturated heterocycles. The fraction of sp³-hybridized carbons (Fsp3) is 1.00. The van der Waals surface area contributed by atoms with Gasteiger partial charge in [-0.3, -0.25) is 0 Å². The Kier molecular flexibility index (Phi) is 2.67. The van der Waals surface area contributed by atoms with Crippen molar-refractivity contribution in [3.8, 4) is 0 Å². The van der Waals surface area contributed by atoms with Crippen molar-refractivity contribution in [1.29, 1.82) is 0 Å². The fourth-order valence-electron chi connectivity index (χ4n) is 2.80. The second-order valence-electron chi connectivity index (χ2n) is 6.15. The van der Waals surface area contributed by atoms with Gasteiger partial charge >= 0.3 is 0 Å². The molecule has 0 amide bonds. The molecule has 0 aromatic rings. The summed E-state index contributed by atoms with van der Waals surface area (Å²) in [4.78, 5) is 0. The van der Waals surface area contributed by atoms with Crippen LogP contribution in [0.4, 0.5) is 0 Å². The molecule has 1 fully saturated rings. The molecular weight excluding hydrogens is 196 g/mol. The van der Waals surface area contributed by atoms with Gasteiger partial charge in [-0.15, -0.1) is 0 Å². The van der Waals surface area contributed by atoms with E-state index in [1.54, 1.807) is 0 Å². The molecule has 78 valence electrons. The van der Waals surface area contributed by atoms with E-state index in [1.807, 2.05) is 0 Å². The molecule has 0 nitrogen and oxygen atoms in total. The van der Waals surface area contributed by atoms with Crippen LogP contribution in [0.1, 0.15) is 48.0 Å². The standard InChI is InChI=1S/C11H23ClSi/c1-8-7-11(6,13-12)10(4,5)9(8,2)3/h8H,7,13H2,1-6H3. The zero-order valence-electron chi connectivity index (χ0n) is 9.87. The zero-order valence-corrected chi connectivity index (χ0v) is 12.0. The smallest absolute Gasteiger partial charge is 0.131 e. The van der Waals surface area contributed by atoms with Gasteiger partial charge in [-0.2, -0.15) is 11.1 Å². The SMILES string of the molecule is CC1CC(C)([SiH2]Cl)C(C)(C)C1(C)C. The van der Waals surface area contributed by atoms with E-state index in [4.69, 9.17) is 11.1 Å². The average Bonchev–Trinajstić information content (AvgIpc) is 2.12. The fourth-order valence-corrected chi connectivity index (χ4v) is 5.46. The van der Waals surface area contributed by atoms with Crippen LogP contribution < -0.4 is 0 Å². The van der Waals surface area contributed by atoms with Crippen molar-refractivity contribution in [3.05, 3.63) is 0 Å². The van der Waals surface area contributed by atoms with Gasteiger partial charge in [-0.1, -0.05) is 41.5 Å². The Morgan fingerprint density at radius 3 is 1.77 bits per heavy atom. The number of rotatable bonds is 1. The van der Waals surface area contributed by atoms with Crippen LogP contribution in [0.3, 0.4) is 0 Å². The van der Waals surface area contributed by atoms with Gasteiger partial charge in [0.1, 0.15) is 8.83 Å². The Morgan fingerprint density at radius 1 is 1.15 bits per heavy atom. The molecule has 0 radical (unpaired) electrons. The predicted octanol–water partition coefficient (Wildman–Crippen LogP) is 3.58. The summed E-state index contributed by atoms with van der Waals surface area (Å²) >= 11 is 6.27. The van der Waals surface area contributed by atoms with Crippen LogP contribution in [0.2, 0.25) is 5.04 Å². The van der Waals surface area contributed by atoms with Crippen LogP contribution in [0.5, 0.6) is 0 Å². The van der Waals surface area contributed by atoms with Gasteiger partial charge in [0.25, 0.3) is 0 Å². The number of halogens is 1. The maximum Gasteiger partial charge on any atom is 0.131 e. The van der Waals surface area contributed by atoms with E-state index >= 15 is 0 Å². The summed E-state index contributed by atoms with van der Waals surface area (Å²) in [6, 6.07) is 0. The minimum absolute atomic E-state index is 0.396. The Morgan fingerprint density at radius 2 is 1.62 bits per heavy atom. The predicted molar refractivity (Wildman–Crippen MR) is 64.1 cm³/mol. The molecule has 0 aliphatic heterocycles. The second-order valence-corrected chi connectivity index (χ2v) is 8.78. The van der Waals surface area contributed by atoms with Gasteiger partial charge in [0, 0.05) is 0 Å². The molecule has 2 atom stereocenters. The van der Waals surface area contributed by atoms with Crippen molar-refractivity contribution in [1.82, 2.24) is 0 Å². The molecule has 1 aliphatic carbocycles. The average molecular weight is 219 g/mol. The van der Waals surface area contributed by atoms with Gasteiger partial charge in [-0.25, -0.2) is 0 Å². The lowest BCUT2D eigenvalue weighted by Crippen LogP contribution is -2.37. The van der Waals surface area contributed by atoms with Crippen molar-refractivity contribution in [2.75, 3.05) is 0 Å². The quantitative estimate of drug-likeness (QED) is 0.466. The minimum atomic E-state index is -0.439. The first-order valence-electron chi connectivity index (χ1n) is 5.25. The van der Waals surface area contributed by atoms with Crippen molar-refractivity contribution in [2.24, 2.45) is 16.7 Å². The molecule has 0 aromatic carbocycles. The van der Waals surface area contributed by atoms with Gasteiger partial charge in [0.05, 0.1) is 0 Å². The molecule has 0 N–H and O–H groups in total. The largest absolute Gasteiger partial charge is 0.176 e. The van der Waals surface area contributed by atoms with E-state index in [0.717, 1.165) is 5.92 Å². The molecule has 0 aromatic heterocycles. The lowest BCUT2D eigenvalue weighted by Gasteiger charge is -2.45. The van der Waals surface area contributed by atoms with Gasteiger partial charge in [-0.05, 0) is 28.2 Å². The lowest BCUT2D eigenvalue weighted by atomic mass is 9.65. The summed E-state index contributed by atoms with van der Waals surface area (Å²) in [5.74, 6) is 0.804. The van der Waals surface area contributed by atoms with Crippen molar-refractivity contribution >= 4 is 19.9 Å². The molecule has 1 rings (SSSR count). The van der Waals surface area contributed by atoms with E-state index in [-0.39, 0.29) is 0 Å². The molecule has 0 bridgehead atoms. The monoisotopic (exact) mass is 218 g/mol. The summed E-state index contributed by atoms with van der Waals surface area (Å²) in [5.41, 5.74) is 0.830. The normalized spacial score (nSPS) is 43.2. The van der Waals surface area contributed by atoms with Crippen molar-refractivity contribution in [3.63, 3.8) is 0 Å². The third kappa shape index (κ3) is 1.31. The topological polar surface area (TPSA) is 0 Å². The van der Waals surface area contributed by atoms with Gasteiger partial charge in [0.2, 0.25) is 0 Å². The molecular formula is C11H23ClSi. The summed E-state index contributed by atoms with van der Waals surface area (Å²) in [7, 11) is -0.439. The minimum Gasteiger partial charge on any atom is -0.176 e. The number of hydrogen-bond donors (Lipinski definition) is 0. The Bertz CT molecular complexity index is 210. The third-order valence-corrected chi connectivity index (χ3v) is 8.94. The highest BCUT2D eigenvalue weighted by molar-refractivity contribution is 6.95. The third-order valence-electron chi connectivity index (χ3n) is 5.40. The van der Waals surface area contributed by atoms with E-state index in [1.165, 1.54) is 6.42 Å². The lowest BCUT2D eigenvalue weighted by molar-refractivity contribution is 0.0946. The molecule has 2 unspecified atom stereocenters. The van der Waals surface area contributed by atoms with Crippen LogP contribution in [0.15, 0.2) is 0 Å². The van der Waals surface area contributed by atoms with Crippen LogP contribution in [-0.2, 0) is 0 Å². The maximum absolute atomic E-state index is 6.27. The van der Waals surface area contributed by atoms with Crippen molar-refractivity contribution < 1.29 is 0 Å². The van der Waals surface area contributed by atoms with E-state index in [9.17, 15) is 0 Å². The summed E-state index contributed by atoms with van der Waals surface area (Å²) in [6.45, 7) is 14.4. The summed E-state index contributed by atoms with van der Waals surface area (Å²) < 4.78 is 0. The first kappa shape index (κ1) is 11.6. The van der Waals surface area contributed by atoms with E-state index in [0.29, 0.717) is 15.9 Å². The van der Waals surface area contributed by atoms with Crippen LogP contribution in [0, 0.1) is 16.7 Å². The van der Waals surface area contributed by atoms with Gasteiger partial charge in [0.15, 0.2) is 0 Å². The maximum atomic E-state index is 6.27. The zero-order chi connectivity index (χ0) is 10.5. The Hall–Kier alpha value is 0.507. The Balaban J connectivity index is 3.11. The van der Waals surface area contributed by atoms with Gasteiger partial charge < -0.3 is 0 Å². The Labute approximate surface area is 90.0 Å². The highest BCUT2D eigenvalue weighted by Gasteiger charge is 2.58. The van der Waals surface area contributed by atoms with Crippen LogP contribution in [-0.4, -0.2) is 8.83 Å².